The Bertz CT molecular complexity index is 2640. The average molecular weight is 954 g/mol. The maximum atomic E-state index is 12.8. The van der Waals surface area contributed by atoms with Gasteiger partial charge >= 0.3 is 13.1 Å². The van der Waals surface area contributed by atoms with Gasteiger partial charge in [-0.2, -0.15) is 0 Å². The molecule has 65 heavy (non-hydrogen) atoms. The number of esters is 1. The molecule has 4 heterocycles. The predicted octanol–water partition coefficient (Wildman–Crippen LogP) is 10.9. The van der Waals surface area contributed by atoms with Gasteiger partial charge < -0.3 is 23.2 Å². The molecule has 8 rings (SSSR count). The fourth-order valence-electron chi connectivity index (χ4n) is 8.14. The van der Waals surface area contributed by atoms with Crippen LogP contribution in [0.25, 0.3) is 32.9 Å². The van der Waals surface area contributed by atoms with Gasteiger partial charge in [0.1, 0.15) is 5.56 Å². The van der Waals surface area contributed by atoms with Crippen LogP contribution in [0, 0.1) is 20.8 Å². The Hall–Kier alpha value is -4.85. The minimum Gasteiger partial charge on any atom is -0.465 e. The van der Waals surface area contributed by atoms with E-state index in [2.05, 4.69) is 76.2 Å². The summed E-state index contributed by atoms with van der Waals surface area (Å²) in [4.78, 5) is 41.2. The van der Waals surface area contributed by atoms with Crippen molar-refractivity contribution < 1.29 is 18.8 Å². The molecule has 4 aromatic carbocycles. The first kappa shape index (κ1) is 56.3. The van der Waals surface area contributed by atoms with Gasteiger partial charge in [-0.15, -0.1) is 0 Å². The summed E-state index contributed by atoms with van der Waals surface area (Å²) in [6, 6.07) is 20.6. The molecule has 0 aliphatic carbocycles. The number of carbonyl (C=O) groups excluding carboxylic acids is 1. The van der Waals surface area contributed by atoms with Crippen LogP contribution in [0.2, 0.25) is 0 Å². The van der Waals surface area contributed by atoms with Gasteiger partial charge in [-0.1, -0.05) is 108 Å². The molecule has 2 aliphatic heterocycles. The summed E-state index contributed by atoms with van der Waals surface area (Å²) in [5.41, 5.74) is 13.5. The summed E-state index contributed by atoms with van der Waals surface area (Å²) >= 11 is 3.48. The van der Waals surface area contributed by atoms with Gasteiger partial charge in [-0.05, 0) is 109 Å². The van der Waals surface area contributed by atoms with Crippen molar-refractivity contribution in [3.63, 3.8) is 0 Å². The fourth-order valence-corrected chi connectivity index (χ4v) is 8.46. The Balaban J connectivity index is 0.000000328. The molecule has 0 saturated carbocycles. The lowest BCUT2D eigenvalue weighted by Crippen LogP contribution is -2.34. The number of ether oxygens (including phenoxy) is 1. The molecule has 0 bridgehead atoms. The van der Waals surface area contributed by atoms with Crippen LogP contribution in [0.15, 0.2) is 87.1 Å². The van der Waals surface area contributed by atoms with Crippen molar-refractivity contribution in [1.29, 1.82) is 0 Å². The Morgan fingerprint density at radius 3 is 1.62 bits per heavy atom. The predicted molar refractivity (Wildman–Crippen MR) is 279 cm³/mol. The number of carbonyl (C=O) groups is 1. The first-order valence-electron chi connectivity index (χ1n) is 22.8. The third kappa shape index (κ3) is 13.2. The summed E-state index contributed by atoms with van der Waals surface area (Å²) in [5, 5.41) is 1.32. The number of aryl methyl sites for hydroxylation is 5. The molecule has 0 saturated heterocycles. The Morgan fingerprint density at radius 1 is 0.585 bits per heavy atom. The monoisotopic (exact) mass is 952 g/mol. The Morgan fingerprint density at radius 2 is 1.06 bits per heavy atom. The van der Waals surface area contributed by atoms with Crippen LogP contribution in [0.1, 0.15) is 105 Å². The molecular formula is C53H74BBrN4O6. The van der Waals surface area contributed by atoms with E-state index in [1.54, 1.807) is 20.4 Å². The molecular weight excluding hydrogens is 879 g/mol. The summed E-state index contributed by atoms with van der Waals surface area (Å²) in [6.07, 6.45) is 3.44. The number of hydrogen-bond donors (Lipinski definition) is 0. The third-order valence-corrected chi connectivity index (χ3v) is 11.8. The SMILES string of the molecule is CC.CC.CC.CC.COB(OC)c1ccc2c(c1)CN(C)C2.COC(=O)c1cn(C)c2c(C)c(-c3ccc4c(c3)CN(C)C4)ccc2c1=O.Cc1cn(C)c2c(C)c(Br)ccc2c1=O. The van der Waals surface area contributed by atoms with Crippen molar-refractivity contribution in [2.75, 3.05) is 35.4 Å². The number of pyridine rings is 2. The van der Waals surface area contributed by atoms with E-state index in [0.29, 0.717) is 5.39 Å². The van der Waals surface area contributed by atoms with E-state index in [1.807, 2.05) is 130 Å². The molecule has 0 N–H and O–H groups in total. The summed E-state index contributed by atoms with van der Waals surface area (Å²) in [7, 11) is 12.4. The second-order valence-corrected chi connectivity index (χ2v) is 15.9. The first-order valence-corrected chi connectivity index (χ1v) is 23.6. The van der Waals surface area contributed by atoms with Crippen molar-refractivity contribution in [2.24, 2.45) is 14.1 Å². The van der Waals surface area contributed by atoms with Crippen molar-refractivity contribution in [1.82, 2.24) is 18.9 Å². The molecule has 0 atom stereocenters. The number of rotatable bonds is 5. The van der Waals surface area contributed by atoms with E-state index in [9.17, 15) is 14.4 Å². The number of methoxy groups -OCH3 is 1. The number of nitrogens with zero attached hydrogens (tertiary/aromatic N) is 4. The summed E-state index contributed by atoms with van der Waals surface area (Å²) < 4.78 is 20.1. The largest absolute Gasteiger partial charge is 0.493 e. The molecule has 0 spiro atoms. The van der Waals surface area contributed by atoms with Crippen molar-refractivity contribution in [3.8, 4) is 11.1 Å². The highest BCUT2D eigenvalue weighted by Crippen LogP contribution is 2.32. The number of fused-ring (bicyclic) bond motifs is 4. The number of halogens is 1. The van der Waals surface area contributed by atoms with Crippen LogP contribution >= 0.6 is 15.9 Å². The second kappa shape index (κ2) is 27.0. The molecule has 2 aliphatic rings. The zero-order valence-electron chi connectivity index (χ0n) is 42.5. The molecule has 0 radical (unpaired) electrons. The van der Waals surface area contributed by atoms with Crippen molar-refractivity contribution in [2.45, 2.75) is 102 Å². The van der Waals surface area contributed by atoms with E-state index in [0.717, 1.165) is 80.4 Å². The normalized spacial score (nSPS) is 12.2. The zero-order valence-corrected chi connectivity index (χ0v) is 44.0. The Labute approximate surface area is 397 Å². The van der Waals surface area contributed by atoms with Gasteiger partial charge in [-0.3, -0.25) is 19.4 Å². The van der Waals surface area contributed by atoms with E-state index >= 15 is 0 Å². The molecule has 6 aromatic rings. The molecule has 352 valence electrons. The fraction of sp³-hybridized carbons (Fsp3) is 0.415. The maximum Gasteiger partial charge on any atom is 0.493 e. The minimum absolute atomic E-state index is 0.0558. The average Bonchev–Trinajstić information content (AvgIpc) is 3.90. The highest BCUT2D eigenvalue weighted by molar-refractivity contribution is 9.10. The lowest BCUT2D eigenvalue weighted by Gasteiger charge is -2.15. The van der Waals surface area contributed by atoms with Crippen molar-refractivity contribution in [3.05, 3.63) is 142 Å². The maximum absolute atomic E-state index is 12.8. The number of benzene rings is 4. The van der Waals surface area contributed by atoms with Crippen LogP contribution in [-0.2, 0) is 54.3 Å². The van der Waals surface area contributed by atoms with Crippen LogP contribution < -0.4 is 16.3 Å². The summed E-state index contributed by atoms with van der Waals surface area (Å²) in [6.45, 7) is 25.9. The number of aromatic nitrogens is 2. The van der Waals surface area contributed by atoms with Crippen LogP contribution in [0.4, 0.5) is 0 Å². The first-order chi connectivity index (χ1) is 31.2. The molecule has 12 heteroatoms. The zero-order chi connectivity index (χ0) is 49.3. The van der Waals surface area contributed by atoms with Crippen LogP contribution in [0.3, 0.4) is 0 Å². The van der Waals surface area contributed by atoms with Crippen LogP contribution in [-0.4, -0.2) is 67.4 Å². The molecule has 0 amide bonds. The highest BCUT2D eigenvalue weighted by Gasteiger charge is 2.23. The minimum atomic E-state index is -0.609. The molecule has 0 unspecified atom stereocenters. The van der Waals surface area contributed by atoms with Gasteiger partial charge in [-0.25, -0.2) is 4.79 Å². The second-order valence-electron chi connectivity index (χ2n) is 15.1. The van der Waals surface area contributed by atoms with E-state index in [-0.39, 0.29) is 23.5 Å². The lowest BCUT2D eigenvalue weighted by atomic mass is 9.78. The smallest absolute Gasteiger partial charge is 0.465 e. The standard InChI is InChI=1S/C22H22N2O3.C12H12BrNO.C11H16BNO2.4C2H6/c1-13-17(14-5-6-15-10-23(2)11-16(15)9-14)7-8-18-20(13)24(3)12-19(21(18)25)22(26)27-4;1-7-6-14(3)11-8(2)10(13)5-4-9(11)12(7)15;1-13-7-9-4-5-11(6-10(9)8-13)12(14-2)15-3;4*1-2/h5-9,12H,10-11H2,1-4H3;4-6H,1-3H3;4-6H,7-8H2,1-3H3;4*1-2H3. The molecule has 0 fully saturated rings. The highest BCUT2D eigenvalue weighted by atomic mass is 79.9. The van der Waals surface area contributed by atoms with E-state index in [4.69, 9.17) is 14.0 Å². The summed E-state index contributed by atoms with van der Waals surface area (Å²) in [5.74, 6) is -0.609. The van der Waals surface area contributed by atoms with Crippen molar-refractivity contribution >= 4 is 56.3 Å². The van der Waals surface area contributed by atoms with Gasteiger partial charge in [0.15, 0.2) is 5.43 Å². The van der Waals surface area contributed by atoms with E-state index < -0.39 is 5.97 Å². The topological polar surface area (TPSA) is 95.2 Å². The number of hydrogen-bond acceptors (Lipinski definition) is 8. The Kier molecular flexibility index (Phi) is 23.3. The van der Waals surface area contributed by atoms with Gasteiger partial charge in [0.05, 0.1) is 18.1 Å². The van der Waals surface area contributed by atoms with E-state index in [1.165, 1.54) is 29.4 Å². The van der Waals surface area contributed by atoms with Gasteiger partial charge in [0, 0.05) is 87.7 Å². The van der Waals surface area contributed by atoms with Gasteiger partial charge in [0.25, 0.3) is 0 Å². The lowest BCUT2D eigenvalue weighted by molar-refractivity contribution is 0.0598. The molecule has 2 aromatic heterocycles. The third-order valence-electron chi connectivity index (χ3n) is 10.9. The van der Waals surface area contributed by atoms with Gasteiger partial charge in [0.2, 0.25) is 5.43 Å². The quantitative estimate of drug-likeness (QED) is 0.125. The van der Waals surface area contributed by atoms with Crippen LogP contribution in [0.5, 0.6) is 0 Å². The molecule has 10 nitrogen and oxygen atoms in total.